The van der Waals surface area contributed by atoms with Gasteiger partial charge in [0.25, 0.3) is 0 Å². The number of aliphatic imine (C=N–C) groups is 1. The molecule has 2 aromatic rings. The fourth-order valence-electron chi connectivity index (χ4n) is 4.63. The molecular formula is C28H30N2OS2. The number of amidine groups is 1. The van der Waals surface area contributed by atoms with E-state index in [-0.39, 0.29) is 11.9 Å². The van der Waals surface area contributed by atoms with Crippen LogP contribution in [0.3, 0.4) is 0 Å². The van der Waals surface area contributed by atoms with Crippen molar-refractivity contribution in [3.8, 4) is 0 Å². The molecule has 1 unspecified atom stereocenters. The standard InChI is InChI=1S/C28H30N2OS2/c1-17(2)20-7-5-19(6-8-20)13-23-14-32-15-24-26(23)29-28-30(25(31)16-33-28)27(24)22-11-9-21(10-12-22)18(3)4/h5-13,17-18,27H,14-16H2,1-4H3/b23-13+. The summed E-state index contributed by atoms with van der Waals surface area (Å²) < 4.78 is 0. The zero-order valence-corrected chi connectivity index (χ0v) is 21.3. The van der Waals surface area contributed by atoms with Crippen molar-refractivity contribution in [1.82, 2.24) is 4.90 Å². The van der Waals surface area contributed by atoms with Gasteiger partial charge in [0, 0.05) is 11.5 Å². The first kappa shape index (κ1) is 22.5. The Labute approximate surface area is 205 Å². The first-order chi connectivity index (χ1) is 15.9. The molecule has 1 atom stereocenters. The minimum absolute atomic E-state index is 0.0595. The van der Waals surface area contributed by atoms with Gasteiger partial charge in [0.1, 0.15) is 0 Å². The van der Waals surface area contributed by atoms with Gasteiger partial charge in [-0.25, -0.2) is 4.99 Å². The van der Waals surface area contributed by atoms with Gasteiger partial charge in [-0.15, -0.1) is 0 Å². The van der Waals surface area contributed by atoms with E-state index in [1.807, 2.05) is 16.7 Å². The highest BCUT2D eigenvalue weighted by molar-refractivity contribution is 8.15. The van der Waals surface area contributed by atoms with Crippen LogP contribution in [0.2, 0.25) is 0 Å². The Bertz CT molecular complexity index is 1160. The summed E-state index contributed by atoms with van der Waals surface area (Å²) >= 11 is 3.49. The predicted molar refractivity (Wildman–Crippen MR) is 143 cm³/mol. The summed E-state index contributed by atoms with van der Waals surface area (Å²) in [5.41, 5.74) is 8.67. The number of carbonyl (C=O) groups excluding carboxylic acids is 1. The zero-order valence-electron chi connectivity index (χ0n) is 19.7. The highest BCUT2D eigenvalue weighted by Gasteiger charge is 2.42. The van der Waals surface area contributed by atoms with E-state index in [9.17, 15) is 4.79 Å². The number of hydrogen-bond donors (Lipinski definition) is 0. The number of allylic oxidation sites excluding steroid dienone is 1. The molecule has 0 N–H and O–H groups in total. The van der Waals surface area contributed by atoms with Crippen LogP contribution in [0, 0.1) is 0 Å². The summed E-state index contributed by atoms with van der Waals surface area (Å²) in [4.78, 5) is 19.9. The molecule has 1 fully saturated rings. The lowest BCUT2D eigenvalue weighted by Gasteiger charge is -2.37. The van der Waals surface area contributed by atoms with Gasteiger partial charge in [-0.2, -0.15) is 11.8 Å². The van der Waals surface area contributed by atoms with Crippen LogP contribution in [0.1, 0.15) is 67.8 Å². The summed E-state index contributed by atoms with van der Waals surface area (Å²) in [7, 11) is 0. The Balaban J connectivity index is 1.57. The molecule has 5 heteroatoms. The van der Waals surface area contributed by atoms with Gasteiger partial charge in [-0.1, -0.05) is 88.0 Å². The lowest BCUT2D eigenvalue weighted by Crippen LogP contribution is -2.39. The Morgan fingerprint density at radius 3 is 2.18 bits per heavy atom. The third-order valence-electron chi connectivity index (χ3n) is 6.58. The van der Waals surface area contributed by atoms with Crippen LogP contribution in [0.5, 0.6) is 0 Å². The van der Waals surface area contributed by atoms with E-state index < -0.39 is 0 Å². The number of rotatable bonds is 4. The van der Waals surface area contributed by atoms with Crippen molar-refractivity contribution in [2.24, 2.45) is 4.99 Å². The molecule has 3 nitrogen and oxygen atoms in total. The molecule has 1 amide bonds. The van der Waals surface area contributed by atoms with Crippen molar-refractivity contribution in [3.05, 3.63) is 87.6 Å². The summed E-state index contributed by atoms with van der Waals surface area (Å²) in [5, 5.41) is 0.852. The topological polar surface area (TPSA) is 32.7 Å². The number of amides is 1. The average Bonchev–Trinajstić information content (AvgIpc) is 3.18. The average molecular weight is 475 g/mol. The highest BCUT2D eigenvalue weighted by Crippen LogP contribution is 2.46. The number of benzene rings is 2. The first-order valence-corrected chi connectivity index (χ1v) is 13.8. The number of nitrogens with zero attached hydrogens (tertiary/aromatic N) is 2. The second-order valence-corrected chi connectivity index (χ2v) is 11.5. The minimum atomic E-state index is -0.0595. The van der Waals surface area contributed by atoms with Gasteiger partial charge in [0.05, 0.1) is 17.5 Å². The van der Waals surface area contributed by atoms with E-state index in [0.717, 1.165) is 22.4 Å². The maximum atomic E-state index is 12.9. The van der Waals surface area contributed by atoms with Crippen molar-refractivity contribution in [2.45, 2.75) is 45.6 Å². The monoisotopic (exact) mass is 474 g/mol. The Kier molecular flexibility index (Phi) is 6.28. The van der Waals surface area contributed by atoms with Crippen molar-refractivity contribution >= 4 is 40.7 Å². The van der Waals surface area contributed by atoms with E-state index in [0.29, 0.717) is 17.6 Å². The molecule has 0 aromatic heterocycles. The fraction of sp³-hybridized carbons (Fsp3) is 0.357. The van der Waals surface area contributed by atoms with E-state index in [1.54, 1.807) is 11.8 Å². The SMILES string of the molecule is CC(C)c1ccc(/C=C2\CSCC3=C2N=C2SCC(=O)N2C3c2ccc(C(C)C)cc2)cc1. The molecule has 33 heavy (non-hydrogen) atoms. The van der Waals surface area contributed by atoms with Crippen LogP contribution >= 0.6 is 23.5 Å². The quantitative estimate of drug-likeness (QED) is 0.478. The lowest BCUT2D eigenvalue weighted by atomic mass is 9.91. The van der Waals surface area contributed by atoms with Gasteiger partial charge >= 0.3 is 0 Å². The summed E-state index contributed by atoms with van der Waals surface area (Å²) in [5.74, 6) is 3.50. The Morgan fingerprint density at radius 1 is 0.909 bits per heavy atom. The zero-order chi connectivity index (χ0) is 23.1. The maximum Gasteiger partial charge on any atom is 0.239 e. The predicted octanol–water partition coefficient (Wildman–Crippen LogP) is 7.00. The fourth-order valence-corrected chi connectivity index (χ4v) is 6.58. The molecule has 3 aliphatic heterocycles. The molecule has 2 aromatic carbocycles. The molecular weight excluding hydrogens is 444 g/mol. The smallest absolute Gasteiger partial charge is 0.239 e. The van der Waals surface area contributed by atoms with E-state index in [4.69, 9.17) is 4.99 Å². The van der Waals surface area contributed by atoms with Crippen molar-refractivity contribution < 1.29 is 4.79 Å². The molecule has 0 bridgehead atoms. The van der Waals surface area contributed by atoms with Crippen molar-refractivity contribution in [3.63, 3.8) is 0 Å². The van der Waals surface area contributed by atoms with Gasteiger partial charge in [-0.3, -0.25) is 9.69 Å². The number of hydrogen-bond acceptors (Lipinski definition) is 4. The van der Waals surface area contributed by atoms with E-state index in [2.05, 4.69) is 82.3 Å². The van der Waals surface area contributed by atoms with Crippen molar-refractivity contribution in [2.75, 3.05) is 17.3 Å². The number of thioether (sulfide) groups is 2. The minimum Gasteiger partial charge on any atom is -0.279 e. The summed E-state index contributed by atoms with van der Waals surface area (Å²) in [6, 6.07) is 17.6. The Morgan fingerprint density at radius 2 is 1.55 bits per heavy atom. The van der Waals surface area contributed by atoms with Crippen LogP contribution in [-0.4, -0.2) is 33.2 Å². The second-order valence-electron chi connectivity index (χ2n) is 9.53. The van der Waals surface area contributed by atoms with E-state index in [1.165, 1.54) is 33.4 Å². The third-order valence-corrected chi connectivity index (χ3v) is 8.55. The third kappa shape index (κ3) is 4.33. The number of carbonyl (C=O) groups is 1. The van der Waals surface area contributed by atoms with Crippen LogP contribution in [-0.2, 0) is 4.79 Å². The maximum absolute atomic E-state index is 12.9. The molecule has 0 radical (unpaired) electrons. The molecule has 0 saturated carbocycles. The summed E-state index contributed by atoms with van der Waals surface area (Å²) in [6.07, 6.45) is 2.28. The molecule has 3 heterocycles. The molecule has 0 aliphatic carbocycles. The highest BCUT2D eigenvalue weighted by atomic mass is 32.2. The lowest BCUT2D eigenvalue weighted by molar-refractivity contribution is -0.125. The summed E-state index contributed by atoms with van der Waals surface area (Å²) in [6.45, 7) is 8.87. The van der Waals surface area contributed by atoms with Crippen LogP contribution in [0.25, 0.3) is 6.08 Å². The van der Waals surface area contributed by atoms with Crippen LogP contribution in [0.15, 0.2) is 70.4 Å². The van der Waals surface area contributed by atoms with Gasteiger partial charge < -0.3 is 0 Å². The van der Waals surface area contributed by atoms with Crippen molar-refractivity contribution in [1.29, 1.82) is 0 Å². The van der Waals surface area contributed by atoms with Gasteiger partial charge in [0.2, 0.25) is 5.91 Å². The van der Waals surface area contributed by atoms with Crippen LogP contribution < -0.4 is 0 Å². The molecule has 5 rings (SSSR count). The molecule has 0 spiro atoms. The first-order valence-electron chi connectivity index (χ1n) is 11.7. The largest absolute Gasteiger partial charge is 0.279 e. The molecule has 1 saturated heterocycles. The molecule has 3 aliphatic rings. The van der Waals surface area contributed by atoms with Gasteiger partial charge in [0.15, 0.2) is 5.17 Å². The van der Waals surface area contributed by atoms with Gasteiger partial charge in [-0.05, 0) is 51.3 Å². The van der Waals surface area contributed by atoms with Crippen LogP contribution in [0.4, 0.5) is 0 Å². The second kappa shape index (κ2) is 9.19. The van der Waals surface area contributed by atoms with E-state index >= 15 is 0 Å². The normalized spacial score (nSPS) is 21.7. The molecule has 170 valence electrons. The Hall–Kier alpha value is -2.24. The number of fused-ring (bicyclic) bond motifs is 1.